The molecule has 47 heavy (non-hydrogen) atoms. The van der Waals surface area contributed by atoms with E-state index in [2.05, 4.69) is 42.7 Å². The van der Waals surface area contributed by atoms with Crippen LogP contribution in [0, 0.1) is 0 Å². The third-order valence-electron chi connectivity index (χ3n) is 7.97. The Bertz CT molecular complexity index is 814. The van der Waals surface area contributed by atoms with Crippen LogP contribution in [0.3, 0.4) is 0 Å². The summed E-state index contributed by atoms with van der Waals surface area (Å²) in [7, 11) is -5.00. The molecule has 0 rings (SSSR count). The average molecular weight is 695 g/mol. The zero-order valence-electron chi connectivity index (χ0n) is 30.4. The standard InChI is InChI=1S/C37H69O8P.Na/c1-3-5-7-9-11-13-15-17-18-20-22-24-26-28-30-32-37(39)45-35(34-44-46(40,41)42)33-43-36(38)31-29-27-25-23-21-19-16-14-12-10-8-6-4-2;/h11,13,17-18,35H,3-10,12,14-16,19-34H2,1-2H3,(H2,40,41,42);/q;+1/p-1/b13-11-,18-17-;/t35-;/m1./s1. The molecular weight excluding hydrogens is 626 g/mol. The zero-order chi connectivity index (χ0) is 34.0. The summed E-state index contributed by atoms with van der Waals surface area (Å²) < 4.78 is 26.0. The summed E-state index contributed by atoms with van der Waals surface area (Å²) in [4.78, 5) is 44.5. The topological polar surface area (TPSA) is 122 Å². The van der Waals surface area contributed by atoms with Gasteiger partial charge in [-0.05, 0) is 44.9 Å². The first-order valence-electron chi connectivity index (χ1n) is 18.6. The van der Waals surface area contributed by atoms with Crippen molar-refractivity contribution < 1.29 is 67.5 Å². The van der Waals surface area contributed by atoms with Crippen molar-refractivity contribution in [1.82, 2.24) is 0 Å². The maximum absolute atomic E-state index is 12.3. The van der Waals surface area contributed by atoms with E-state index in [1.807, 2.05) is 0 Å². The molecule has 0 aromatic rings. The Balaban J connectivity index is 0. The van der Waals surface area contributed by atoms with Crippen LogP contribution in [-0.4, -0.2) is 36.1 Å². The summed E-state index contributed by atoms with van der Waals surface area (Å²) in [5.41, 5.74) is 0. The van der Waals surface area contributed by atoms with Crippen molar-refractivity contribution in [3.8, 4) is 0 Å². The molecule has 270 valence electrons. The zero-order valence-corrected chi connectivity index (χ0v) is 33.3. The van der Waals surface area contributed by atoms with Crippen LogP contribution < -0.4 is 34.5 Å². The number of hydrogen-bond acceptors (Lipinski definition) is 7. The predicted octanol–water partition coefficient (Wildman–Crippen LogP) is 7.22. The minimum Gasteiger partial charge on any atom is -0.756 e. The summed E-state index contributed by atoms with van der Waals surface area (Å²) in [6.07, 6.45) is 35.9. The van der Waals surface area contributed by atoms with Crippen molar-refractivity contribution in [3.05, 3.63) is 24.3 Å². The van der Waals surface area contributed by atoms with Gasteiger partial charge in [0, 0.05) is 12.8 Å². The molecule has 0 spiro atoms. The molecule has 1 N–H and O–H groups in total. The van der Waals surface area contributed by atoms with Gasteiger partial charge in [-0.2, -0.15) is 0 Å². The van der Waals surface area contributed by atoms with Crippen molar-refractivity contribution in [2.24, 2.45) is 0 Å². The first-order chi connectivity index (χ1) is 22.3. The van der Waals surface area contributed by atoms with Gasteiger partial charge in [0.25, 0.3) is 7.82 Å². The summed E-state index contributed by atoms with van der Waals surface area (Å²) in [6, 6.07) is 0. The number of allylic oxidation sites excluding steroid dienone is 4. The van der Waals surface area contributed by atoms with Gasteiger partial charge in [-0.15, -0.1) is 0 Å². The van der Waals surface area contributed by atoms with Crippen LogP contribution in [0.1, 0.15) is 181 Å². The largest absolute Gasteiger partial charge is 1.00 e. The molecule has 0 aliphatic heterocycles. The van der Waals surface area contributed by atoms with Crippen molar-refractivity contribution in [2.75, 3.05) is 13.2 Å². The monoisotopic (exact) mass is 694 g/mol. The molecule has 10 heteroatoms. The van der Waals surface area contributed by atoms with Gasteiger partial charge < -0.3 is 23.8 Å². The minimum absolute atomic E-state index is 0. The smallest absolute Gasteiger partial charge is 0.756 e. The van der Waals surface area contributed by atoms with Gasteiger partial charge in [0.15, 0.2) is 6.10 Å². The molecule has 0 amide bonds. The Morgan fingerprint density at radius 2 is 1.02 bits per heavy atom. The molecule has 0 saturated carbocycles. The minimum atomic E-state index is -5.00. The molecule has 2 atom stereocenters. The molecule has 0 aliphatic carbocycles. The Kier molecular flexibility index (Phi) is 38.1. The van der Waals surface area contributed by atoms with E-state index in [0.29, 0.717) is 6.42 Å². The number of hydrogen-bond donors (Lipinski definition) is 1. The van der Waals surface area contributed by atoms with Gasteiger partial charge in [-0.25, -0.2) is 0 Å². The van der Waals surface area contributed by atoms with Crippen molar-refractivity contribution in [3.63, 3.8) is 0 Å². The third kappa shape index (κ3) is 39.8. The van der Waals surface area contributed by atoms with Crippen LogP contribution in [0.5, 0.6) is 0 Å². The van der Waals surface area contributed by atoms with Crippen LogP contribution in [-0.2, 0) is 28.2 Å². The Morgan fingerprint density at radius 1 is 0.617 bits per heavy atom. The van der Waals surface area contributed by atoms with Crippen molar-refractivity contribution in [2.45, 2.75) is 187 Å². The van der Waals surface area contributed by atoms with Crippen LogP contribution in [0.25, 0.3) is 0 Å². The fourth-order valence-electron chi connectivity index (χ4n) is 5.16. The van der Waals surface area contributed by atoms with Gasteiger partial charge in [0.1, 0.15) is 6.61 Å². The predicted molar refractivity (Wildman–Crippen MR) is 186 cm³/mol. The van der Waals surface area contributed by atoms with Gasteiger partial charge in [-0.3, -0.25) is 14.2 Å². The molecule has 0 aliphatic rings. The molecule has 1 unspecified atom stereocenters. The number of esters is 2. The molecule has 0 aromatic heterocycles. The Labute approximate surface area is 310 Å². The van der Waals surface area contributed by atoms with Gasteiger partial charge in [0.05, 0.1) is 6.61 Å². The van der Waals surface area contributed by atoms with Crippen molar-refractivity contribution >= 4 is 19.8 Å². The van der Waals surface area contributed by atoms with E-state index in [1.54, 1.807) is 0 Å². The van der Waals surface area contributed by atoms with E-state index in [-0.39, 0.29) is 49.0 Å². The molecular formula is C37H68NaO8P. The maximum atomic E-state index is 12.3. The van der Waals surface area contributed by atoms with Crippen LogP contribution in [0.2, 0.25) is 0 Å². The third-order valence-corrected chi connectivity index (χ3v) is 8.44. The molecule has 0 aromatic carbocycles. The Hall–Kier alpha value is -0.470. The van der Waals surface area contributed by atoms with E-state index in [0.717, 1.165) is 57.8 Å². The van der Waals surface area contributed by atoms with Gasteiger partial charge in [-0.1, -0.05) is 147 Å². The fourth-order valence-corrected chi connectivity index (χ4v) is 5.52. The molecule has 0 radical (unpaired) electrons. The van der Waals surface area contributed by atoms with E-state index >= 15 is 0 Å². The van der Waals surface area contributed by atoms with E-state index in [9.17, 15) is 19.0 Å². The first-order valence-corrected chi connectivity index (χ1v) is 20.1. The van der Waals surface area contributed by atoms with E-state index < -0.39 is 32.5 Å². The quantitative estimate of drug-likeness (QED) is 0.0247. The number of unbranched alkanes of at least 4 members (excludes halogenated alkanes) is 20. The average Bonchev–Trinajstić information content (AvgIpc) is 3.02. The summed E-state index contributed by atoms with van der Waals surface area (Å²) in [5.74, 6) is -0.933. The number of phosphoric ester groups is 1. The van der Waals surface area contributed by atoms with E-state index in [1.165, 1.54) is 89.9 Å². The number of carbonyl (C=O) groups excluding carboxylic acids is 2. The molecule has 8 nitrogen and oxygen atoms in total. The molecule has 0 saturated heterocycles. The Morgan fingerprint density at radius 3 is 1.51 bits per heavy atom. The number of rotatable bonds is 34. The summed E-state index contributed by atoms with van der Waals surface area (Å²) in [5, 5.41) is 0. The number of ether oxygens (including phenoxy) is 2. The summed E-state index contributed by atoms with van der Waals surface area (Å²) >= 11 is 0. The van der Waals surface area contributed by atoms with Crippen LogP contribution in [0.15, 0.2) is 24.3 Å². The molecule has 0 bridgehead atoms. The van der Waals surface area contributed by atoms with Crippen LogP contribution in [0.4, 0.5) is 0 Å². The maximum Gasteiger partial charge on any atom is 1.00 e. The van der Waals surface area contributed by atoms with E-state index in [4.69, 9.17) is 14.4 Å². The molecule has 0 fully saturated rings. The number of carbonyl (C=O) groups is 2. The second kappa shape index (κ2) is 36.8. The van der Waals surface area contributed by atoms with Gasteiger partial charge in [0.2, 0.25) is 0 Å². The SMILES string of the molecule is CCCCC/C=C\C/C=C\CCCCCCCC(=O)O[C@H](COC(=O)CCCCCCCCCCCCCCC)COP(=O)([O-])O.[Na+]. The normalized spacial score (nSPS) is 13.4. The first kappa shape index (κ1) is 48.6. The number of phosphoric acid groups is 1. The second-order valence-electron chi connectivity index (χ2n) is 12.5. The van der Waals surface area contributed by atoms with Gasteiger partial charge >= 0.3 is 41.5 Å². The van der Waals surface area contributed by atoms with Crippen molar-refractivity contribution in [1.29, 1.82) is 0 Å². The molecule has 0 heterocycles. The van der Waals surface area contributed by atoms with Crippen LogP contribution >= 0.6 is 7.82 Å². The fraction of sp³-hybridized carbons (Fsp3) is 0.838. The second-order valence-corrected chi connectivity index (χ2v) is 13.7. The summed E-state index contributed by atoms with van der Waals surface area (Å²) in [6.45, 7) is 3.54.